The predicted molar refractivity (Wildman–Crippen MR) is 443 cm³/mol. The molecule has 0 spiro atoms. The van der Waals surface area contributed by atoms with Gasteiger partial charge in [-0.15, -0.1) is 20.4 Å². The number of aliphatic hydroxyl groups is 3. The molecule has 1 unspecified atom stereocenters. The van der Waals surface area contributed by atoms with Crippen molar-refractivity contribution in [2.24, 2.45) is 46.6 Å². The summed E-state index contributed by atoms with van der Waals surface area (Å²) in [4.78, 5) is 61.1. The summed E-state index contributed by atoms with van der Waals surface area (Å²) in [6.07, 6.45) is 19.2. The van der Waals surface area contributed by atoms with Gasteiger partial charge in [0.25, 0.3) is 11.1 Å². The molecule has 115 heavy (non-hydrogen) atoms. The number of hydrogen-bond donors (Lipinski definition) is 3. The highest BCUT2D eigenvalue weighted by Gasteiger charge is 2.33. The fourth-order valence-corrected chi connectivity index (χ4v) is 8.82. The highest BCUT2D eigenvalue weighted by molar-refractivity contribution is 5.08. The van der Waals surface area contributed by atoms with Crippen molar-refractivity contribution >= 4 is 0 Å². The van der Waals surface area contributed by atoms with E-state index < -0.39 is 16.8 Å². The maximum absolute atomic E-state index is 10.8. The van der Waals surface area contributed by atoms with E-state index in [0.717, 1.165) is 133 Å². The van der Waals surface area contributed by atoms with Gasteiger partial charge in [0.2, 0.25) is 5.56 Å². The highest BCUT2D eigenvalue weighted by atomic mass is 16.5. The summed E-state index contributed by atoms with van der Waals surface area (Å²) < 4.78 is 65.7. The van der Waals surface area contributed by atoms with E-state index in [9.17, 15) is 24.3 Å². The summed E-state index contributed by atoms with van der Waals surface area (Å²) in [5.41, 5.74) is 2.79. The van der Waals surface area contributed by atoms with Gasteiger partial charge in [-0.2, -0.15) is 14.6 Å². The summed E-state index contributed by atoms with van der Waals surface area (Å²) in [6, 6.07) is 10.2. The fourth-order valence-electron chi connectivity index (χ4n) is 8.82. The highest BCUT2D eigenvalue weighted by Crippen LogP contribution is 2.26. The van der Waals surface area contributed by atoms with Crippen LogP contribution in [-0.2, 0) is 98.6 Å². The summed E-state index contributed by atoms with van der Waals surface area (Å²) in [6.45, 7) is 37.1. The van der Waals surface area contributed by atoms with Gasteiger partial charge in [0, 0.05) is 196 Å². The molecule has 0 aliphatic carbocycles. The van der Waals surface area contributed by atoms with Crippen LogP contribution in [0.15, 0.2) is 99.1 Å². The van der Waals surface area contributed by atoms with Crippen molar-refractivity contribution in [2.45, 2.75) is 185 Å². The molecule has 0 aromatic carbocycles. The van der Waals surface area contributed by atoms with E-state index in [0.29, 0.717) is 67.5 Å². The lowest BCUT2D eigenvalue weighted by Gasteiger charge is -2.37. The second kappa shape index (κ2) is 64.4. The van der Waals surface area contributed by atoms with Crippen molar-refractivity contribution in [3.05, 3.63) is 161 Å². The van der Waals surface area contributed by atoms with E-state index in [1.807, 2.05) is 39.1 Å². The van der Waals surface area contributed by atoms with Gasteiger partial charge in [-0.05, 0) is 162 Å². The minimum absolute atomic E-state index is 0. The van der Waals surface area contributed by atoms with Crippen LogP contribution in [0.3, 0.4) is 0 Å². The van der Waals surface area contributed by atoms with Crippen LogP contribution in [0.2, 0.25) is 0 Å². The smallest absolute Gasteiger partial charge is 0.347 e. The van der Waals surface area contributed by atoms with Crippen LogP contribution in [0, 0.1) is 59.8 Å². The molecule has 35 heteroatoms. The third kappa shape index (κ3) is 64.1. The minimum atomic E-state index is -0.785. The number of methoxy groups -OCH3 is 7. The van der Waals surface area contributed by atoms with Gasteiger partial charge in [0.05, 0.1) is 114 Å². The second-order valence-electron chi connectivity index (χ2n) is 29.3. The van der Waals surface area contributed by atoms with E-state index >= 15 is 0 Å². The zero-order valence-electron chi connectivity index (χ0n) is 73.2. The second-order valence-corrected chi connectivity index (χ2v) is 29.3. The predicted octanol–water partition coefficient (Wildman–Crippen LogP) is 6.45. The zero-order chi connectivity index (χ0) is 86.7. The lowest BCUT2D eigenvalue weighted by molar-refractivity contribution is -0.131. The van der Waals surface area contributed by atoms with Gasteiger partial charge in [0.1, 0.15) is 0 Å². The normalized spacial score (nSPS) is 16.0. The molecule has 3 atom stereocenters. The van der Waals surface area contributed by atoms with Crippen molar-refractivity contribution in [3.63, 3.8) is 0 Å². The van der Waals surface area contributed by atoms with Crippen LogP contribution in [0.5, 0.6) is 0 Å². The fraction of sp³-hybridized carbons (Fsp3) is 0.700. The summed E-state index contributed by atoms with van der Waals surface area (Å²) in [5.74, 6) is 2.00. The van der Waals surface area contributed by atoms with Gasteiger partial charge < -0.3 is 90.4 Å². The van der Waals surface area contributed by atoms with Gasteiger partial charge in [0.15, 0.2) is 11.6 Å². The number of pyridine rings is 2. The Morgan fingerprint density at radius 2 is 1.07 bits per heavy atom. The number of hydrogen-bond acceptors (Lipinski definition) is 29. The molecule has 658 valence electrons. The van der Waals surface area contributed by atoms with E-state index in [4.69, 9.17) is 62.3 Å². The Morgan fingerprint density at radius 1 is 0.522 bits per heavy atom. The SMILES string of the molecule is C.COC1CCOCC1.COCC(C)(C)O.COCC1(C)COC1.COCC1CCOC1.COCCC(C)(C)O.CO[C@@H]1CCOC1.CO[C@H]1CCOC1.Cc1cc(=O)n(C)cn1.Cc1ccc(=O)n(C)c1.Cc1ccn(C)c(=O)c1.Cc1ccn(C)c(=O)n1.Cc1cnccn1.Cc1nnn(C)n1.Cc1nnn(CC(C)(C)O)n1. The molecule has 0 amide bonds. The number of rotatable bonds is 14. The Kier molecular flexibility index (Phi) is 62.4. The first-order valence-electron chi connectivity index (χ1n) is 37.6. The van der Waals surface area contributed by atoms with Crippen LogP contribution in [0.4, 0.5) is 0 Å². The molecule has 0 radical (unpaired) electrons. The van der Waals surface area contributed by atoms with E-state index in [-0.39, 0.29) is 29.8 Å². The monoisotopic (exact) mass is 1630 g/mol. The number of aryl methyl sites for hydroxylation is 12. The van der Waals surface area contributed by atoms with Crippen molar-refractivity contribution in [1.82, 2.24) is 78.6 Å². The Hall–Kier alpha value is -7.72. The molecular formula is C80H144N16O19. The molecule has 12 heterocycles. The van der Waals surface area contributed by atoms with Crippen LogP contribution < -0.4 is 22.4 Å². The minimum Gasteiger partial charge on any atom is -0.390 e. The van der Waals surface area contributed by atoms with Gasteiger partial charge in [-0.25, -0.2) is 9.78 Å². The maximum Gasteiger partial charge on any atom is 0.347 e. The largest absolute Gasteiger partial charge is 0.390 e. The molecule has 5 aliphatic heterocycles. The van der Waals surface area contributed by atoms with Crippen molar-refractivity contribution in [2.75, 3.05) is 142 Å². The molecule has 5 saturated heterocycles. The average molecular weight is 1630 g/mol. The molecule has 12 rings (SSSR count). The van der Waals surface area contributed by atoms with Gasteiger partial charge in [-0.3, -0.25) is 24.4 Å². The molecule has 5 aliphatic rings. The van der Waals surface area contributed by atoms with Crippen molar-refractivity contribution in [1.29, 1.82) is 0 Å². The average Bonchev–Trinajstić information content (AvgIpc) is 1.57. The third-order valence-electron chi connectivity index (χ3n) is 15.3. The molecule has 3 N–H and O–H groups in total. The number of nitrogens with zero attached hydrogens (tertiary/aromatic N) is 16. The molecule has 0 saturated carbocycles. The summed E-state index contributed by atoms with van der Waals surface area (Å²) >= 11 is 0. The molecule has 7 aromatic rings. The number of tetrazole rings is 2. The third-order valence-corrected chi connectivity index (χ3v) is 15.3. The van der Waals surface area contributed by atoms with E-state index in [1.54, 1.807) is 213 Å². The Morgan fingerprint density at radius 3 is 1.37 bits per heavy atom. The first-order chi connectivity index (χ1) is 53.6. The Bertz CT molecular complexity index is 3560. The van der Waals surface area contributed by atoms with Crippen molar-refractivity contribution in [3.8, 4) is 0 Å². The Balaban J connectivity index is -0.00000118. The first-order valence-corrected chi connectivity index (χ1v) is 37.6. The molecule has 5 fully saturated rings. The summed E-state index contributed by atoms with van der Waals surface area (Å²) in [5, 5.41) is 49.6. The zero-order valence-corrected chi connectivity index (χ0v) is 73.2. The van der Waals surface area contributed by atoms with Crippen LogP contribution >= 0.6 is 0 Å². The van der Waals surface area contributed by atoms with Crippen LogP contribution in [0.25, 0.3) is 0 Å². The van der Waals surface area contributed by atoms with Crippen LogP contribution in [-0.4, -0.2) is 271 Å². The van der Waals surface area contributed by atoms with E-state index in [1.165, 1.54) is 37.5 Å². The summed E-state index contributed by atoms with van der Waals surface area (Å²) in [7, 11) is 20.4. The molecule has 7 aromatic heterocycles. The lowest BCUT2D eigenvalue weighted by atomic mass is 9.90. The quantitative estimate of drug-likeness (QED) is 0.105. The van der Waals surface area contributed by atoms with Crippen LogP contribution in [0.1, 0.15) is 134 Å². The first kappa shape index (κ1) is 111. The topological polar surface area (TPSA) is 398 Å². The van der Waals surface area contributed by atoms with E-state index in [2.05, 4.69) is 62.4 Å². The molecule has 35 nitrogen and oxygen atoms in total. The number of aromatic nitrogens is 16. The standard InChI is InChI=1S/2C7H9NO.C6H12N4O.2C6H8N2O.3C6H12O2.C6H14O2.C5H6N2.2C5H10O2.C5H12O2.C3H6N4.CH4/c1-6-3-4-8(2)7(9)5-6;1-6-3-4-7(9)8(2)5-6;1-5-7-9-10(8-5)4-6(2,3)11;1-5-3-6(9)8(2)4-7-5;1-5-3-4-8(2)6(9)7-5;1-6(3-7-2)4-8-5-6;1-7-6-2-4-8-5-3-6;1-7-4-6-2-3-8-5-6;1-6(2,7)4-5-8-3;1-5-4-6-2-3-7-5;2*1-6-5-2-3-7-4-5;1-5(2,6)4-7-3;1-3-4-6-7(2)5-3;/h2*3-5H,1-2H3;11H,4H2,1-3H3;2*3-4H,1-2H3;3-5H2,1-2H3;2*6H,2-5H2,1H3;7H,4-5H2,1-3H3;2-4H,1H3;2*5H,2-4H2,1H3;6H,4H2,1-3H3;1-2H3;1H4/t;;;;;;;;;;2*5-;;;/m..........10.../s1. The van der Waals surface area contributed by atoms with Crippen molar-refractivity contribution < 1.29 is 72.2 Å². The lowest BCUT2D eigenvalue weighted by Crippen LogP contribution is -2.43. The molecule has 0 bridgehead atoms. The van der Waals surface area contributed by atoms with Gasteiger partial charge in [-0.1, -0.05) is 20.4 Å². The number of ether oxygens (including phenoxy) is 12. The molecular weight excluding hydrogens is 1490 g/mol. The van der Waals surface area contributed by atoms with Gasteiger partial charge >= 0.3 is 5.69 Å². The maximum atomic E-state index is 10.8. The Labute approximate surface area is 682 Å².